The smallest absolute Gasteiger partial charge is 0.274 e. The van der Waals surface area contributed by atoms with Gasteiger partial charge in [0.15, 0.2) is 0 Å². The minimum Gasteiger partial charge on any atom is -0.342 e. The fraction of sp³-hybridized carbons (Fsp3) is 0.615. The van der Waals surface area contributed by atoms with Gasteiger partial charge in [0.05, 0.1) is 5.01 Å². The van der Waals surface area contributed by atoms with Crippen molar-refractivity contribution in [1.82, 2.24) is 14.8 Å². The quantitative estimate of drug-likeness (QED) is 0.872. The third-order valence-electron chi connectivity index (χ3n) is 3.58. The molecule has 1 aliphatic rings. The number of carbonyl (C=O) groups is 2. The highest BCUT2D eigenvalue weighted by molar-refractivity contribution is 7.09. The number of piperazine rings is 1. The third kappa shape index (κ3) is 2.55. The molecule has 0 spiro atoms. The van der Waals surface area contributed by atoms with E-state index in [1.165, 1.54) is 11.3 Å². The number of nitrogens with two attached hydrogens (primary N) is 1. The van der Waals surface area contributed by atoms with Crippen molar-refractivity contribution in [3.63, 3.8) is 0 Å². The Morgan fingerprint density at radius 2 is 2.20 bits per heavy atom. The third-order valence-corrected chi connectivity index (χ3v) is 4.49. The molecule has 20 heavy (non-hydrogen) atoms. The molecule has 110 valence electrons. The number of carbonyl (C=O) groups excluding carboxylic acids is 2. The molecule has 7 heteroatoms. The van der Waals surface area contributed by atoms with Crippen LogP contribution in [0.1, 0.15) is 29.3 Å². The fourth-order valence-electron chi connectivity index (χ4n) is 2.35. The summed E-state index contributed by atoms with van der Waals surface area (Å²) in [6, 6.07) is 0. The zero-order valence-corrected chi connectivity index (χ0v) is 12.9. The van der Waals surface area contributed by atoms with E-state index in [2.05, 4.69) is 4.98 Å². The van der Waals surface area contributed by atoms with E-state index in [1.54, 1.807) is 36.1 Å². The maximum Gasteiger partial charge on any atom is 0.274 e. The van der Waals surface area contributed by atoms with Crippen molar-refractivity contribution >= 4 is 23.2 Å². The summed E-state index contributed by atoms with van der Waals surface area (Å²) in [5.74, 6) is -0.231. The van der Waals surface area contributed by atoms with Crippen molar-refractivity contribution in [3.8, 4) is 0 Å². The Hall–Kier alpha value is -1.47. The van der Waals surface area contributed by atoms with Crippen LogP contribution in [0.2, 0.25) is 0 Å². The minimum absolute atomic E-state index is 0.0467. The normalized spacial score (nSPS) is 18.5. The van der Waals surface area contributed by atoms with Crippen molar-refractivity contribution in [3.05, 3.63) is 16.1 Å². The second kappa shape index (κ2) is 5.49. The molecule has 1 saturated heterocycles. The number of aromatic nitrogens is 1. The van der Waals surface area contributed by atoms with Gasteiger partial charge >= 0.3 is 0 Å². The van der Waals surface area contributed by atoms with Gasteiger partial charge in [0.25, 0.3) is 5.91 Å². The lowest BCUT2D eigenvalue weighted by atomic mass is 9.97. The van der Waals surface area contributed by atoms with E-state index in [-0.39, 0.29) is 11.8 Å². The number of amides is 2. The van der Waals surface area contributed by atoms with Crippen molar-refractivity contribution in [2.75, 3.05) is 26.7 Å². The van der Waals surface area contributed by atoms with Gasteiger partial charge in [-0.15, -0.1) is 11.3 Å². The van der Waals surface area contributed by atoms with E-state index in [4.69, 9.17) is 5.73 Å². The van der Waals surface area contributed by atoms with Crippen LogP contribution in [-0.4, -0.2) is 58.8 Å². The van der Waals surface area contributed by atoms with Gasteiger partial charge in [-0.1, -0.05) is 0 Å². The van der Waals surface area contributed by atoms with Crippen molar-refractivity contribution in [2.45, 2.75) is 25.8 Å². The number of thiazole rings is 1. The van der Waals surface area contributed by atoms with Crippen LogP contribution >= 0.6 is 11.3 Å². The number of hydrogen-bond acceptors (Lipinski definition) is 5. The minimum atomic E-state index is -0.832. The molecule has 0 aromatic carbocycles. The van der Waals surface area contributed by atoms with E-state index in [0.717, 1.165) is 5.01 Å². The first kappa shape index (κ1) is 14.9. The van der Waals surface area contributed by atoms with Gasteiger partial charge in [-0.05, 0) is 20.4 Å². The fourth-order valence-corrected chi connectivity index (χ4v) is 3.14. The monoisotopic (exact) mass is 296 g/mol. The second-order valence-corrected chi connectivity index (χ2v) is 6.35. The molecule has 1 aromatic heterocycles. The Kier molecular flexibility index (Phi) is 4.10. The summed E-state index contributed by atoms with van der Waals surface area (Å²) in [6.07, 6.45) is 0.670. The molecule has 2 N–H and O–H groups in total. The molecule has 1 fully saturated rings. The summed E-state index contributed by atoms with van der Waals surface area (Å²) >= 11 is 1.43. The summed E-state index contributed by atoms with van der Waals surface area (Å²) < 4.78 is 0. The molecule has 1 aromatic rings. The van der Waals surface area contributed by atoms with E-state index in [0.29, 0.717) is 31.7 Å². The number of rotatable bonds is 3. The van der Waals surface area contributed by atoms with E-state index in [9.17, 15) is 9.59 Å². The lowest BCUT2D eigenvalue weighted by Gasteiger charge is -2.44. The second-order valence-electron chi connectivity index (χ2n) is 5.41. The first-order chi connectivity index (χ1) is 9.37. The highest BCUT2D eigenvalue weighted by Crippen LogP contribution is 2.24. The first-order valence-electron chi connectivity index (χ1n) is 6.60. The van der Waals surface area contributed by atoms with Gasteiger partial charge in [-0.3, -0.25) is 9.59 Å². The highest BCUT2D eigenvalue weighted by Gasteiger charge is 2.43. The predicted molar refractivity (Wildman–Crippen MR) is 77.6 cm³/mol. The van der Waals surface area contributed by atoms with Crippen molar-refractivity contribution in [1.29, 1.82) is 0 Å². The molecular weight excluding hydrogens is 276 g/mol. The summed E-state index contributed by atoms with van der Waals surface area (Å²) in [5, 5.41) is 2.60. The Balaban J connectivity index is 2.21. The molecule has 0 unspecified atom stereocenters. The molecule has 1 aliphatic heterocycles. The number of likely N-dealkylation sites (N-methyl/N-ethyl adjacent to an activating group) is 1. The molecule has 2 rings (SSSR count). The van der Waals surface area contributed by atoms with Crippen LogP contribution in [0.3, 0.4) is 0 Å². The lowest BCUT2D eigenvalue weighted by molar-refractivity contribution is -0.144. The van der Waals surface area contributed by atoms with Crippen molar-refractivity contribution < 1.29 is 9.59 Å². The van der Waals surface area contributed by atoms with Gasteiger partial charge < -0.3 is 15.5 Å². The van der Waals surface area contributed by atoms with Crippen LogP contribution in [0.4, 0.5) is 0 Å². The number of nitrogens with zero attached hydrogens (tertiary/aromatic N) is 3. The highest BCUT2D eigenvalue weighted by atomic mass is 32.1. The lowest BCUT2D eigenvalue weighted by Crippen LogP contribution is -2.63. The molecule has 0 saturated carbocycles. The predicted octanol–water partition coefficient (Wildman–Crippen LogP) is 0.337. The van der Waals surface area contributed by atoms with Crippen LogP contribution in [0.15, 0.2) is 5.38 Å². The summed E-state index contributed by atoms with van der Waals surface area (Å²) in [7, 11) is 1.76. The molecule has 0 atom stereocenters. The van der Waals surface area contributed by atoms with Crippen LogP contribution in [-0.2, 0) is 11.2 Å². The maximum atomic E-state index is 12.6. The topological polar surface area (TPSA) is 79.5 Å². The SMILES string of the molecule is CN1CCN(C(=O)c2csc(CCN)n2)C(C)(C)C1=O. The van der Waals surface area contributed by atoms with Crippen LogP contribution in [0.25, 0.3) is 0 Å². The summed E-state index contributed by atoms with van der Waals surface area (Å²) in [5.41, 5.74) is 5.06. The first-order valence-corrected chi connectivity index (χ1v) is 7.48. The average molecular weight is 296 g/mol. The van der Waals surface area contributed by atoms with Crippen LogP contribution in [0.5, 0.6) is 0 Å². The van der Waals surface area contributed by atoms with Gasteiger partial charge in [0.2, 0.25) is 5.91 Å². The zero-order chi connectivity index (χ0) is 14.9. The Morgan fingerprint density at radius 3 is 2.85 bits per heavy atom. The molecule has 2 heterocycles. The Bertz CT molecular complexity index is 526. The summed E-state index contributed by atoms with van der Waals surface area (Å²) in [6.45, 7) is 5.14. The molecule has 0 radical (unpaired) electrons. The molecule has 0 aliphatic carbocycles. The molecule has 0 bridgehead atoms. The van der Waals surface area contributed by atoms with E-state index in [1.807, 2.05) is 0 Å². The standard InChI is InChI=1S/C13H20N4O2S/c1-13(2)12(19)16(3)6-7-17(13)11(18)9-8-20-10(15-9)4-5-14/h8H,4-7,14H2,1-3H3. The van der Waals surface area contributed by atoms with Crippen molar-refractivity contribution in [2.24, 2.45) is 5.73 Å². The van der Waals surface area contributed by atoms with Gasteiger partial charge in [-0.25, -0.2) is 4.98 Å². The van der Waals surface area contributed by atoms with E-state index >= 15 is 0 Å². The summed E-state index contributed by atoms with van der Waals surface area (Å²) in [4.78, 5) is 32.3. The van der Waals surface area contributed by atoms with Crippen LogP contribution in [0, 0.1) is 0 Å². The van der Waals surface area contributed by atoms with Gasteiger partial charge in [-0.2, -0.15) is 0 Å². The number of hydrogen-bond donors (Lipinski definition) is 1. The van der Waals surface area contributed by atoms with Crippen LogP contribution < -0.4 is 5.73 Å². The Labute approximate surface area is 122 Å². The van der Waals surface area contributed by atoms with Gasteiger partial charge in [0.1, 0.15) is 11.2 Å². The van der Waals surface area contributed by atoms with E-state index < -0.39 is 5.54 Å². The molecule has 6 nitrogen and oxygen atoms in total. The molecular formula is C13H20N4O2S. The average Bonchev–Trinajstić information content (AvgIpc) is 2.85. The molecule has 2 amide bonds. The maximum absolute atomic E-state index is 12.6. The Morgan fingerprint density at radius 1 is 1.50 bits per heavy atom. The largest absolute Gasteiger partial charge is 0.342 e. The zero-order valence-electron chi connectivity index (χ0n) is 12.0. The van der Waals surface area contributed by atoms with Gasteiger partial charge in [0, 0.05) is 31.9 Å².